The average Bonchev–Trinajstić information content (AvgIpc) is 2.46. The largest absolute Gasteiger partial charge is 0.343 e. The van der Waals surface area contributed by atoms with Crippen LogP contribution in [0, 0.1) is 6.92 Å². The van der Waals surface area contributed by atoms with Crippen LogP contribution in [-0.2, 0) is 0 Å². The fraction of sp³-hybridized carbons (Fsp3) is 0.312. The van der Waals surface area contributed by atoms with E-state index in [1.807, 2.05) is 24.4 Å². The molecule has 0 saturated carbocycles. The van der Waals surface area contributed by atoms with Crippen molar-refractivity contribution < 1.29 is 0 Å². The Kier molecular flexibility index (Phi) is 4.17. The molecule has 0 amide bonds. The summed E-state index contributed by atoms with van der Waals surface area (Å²) in [6.45, 7) is 4.18. The molecular weight excluding hydrogens is 234 g/mol. The summed E-state index contributed by atoms with van der Waals surface area (Å²) in [6, 6.07) is 12.4. The second-order valence-corrected chi connectivity index (χ2v) is 4.80. The average molecular weight is 255 g/mol. The molecule has 1 atom stereocenters. The number of rotatable bonds is 4. The Hall–Kier alpha value is -1.87. The van der Waals surface area contributed by atoms with Gasteiger partial charge < -0.3 is 10.6 Å². The number of nitrogens with two attached hydrogens (primary N) is 1. The van der Waals surface area contributed by atoms with Gasteiger partial charge in [-0.05, 0) is 37.1 Å². The minimum Gasteiger partial charge on any atom is -0.343 e. The van der Waals surface area contributed by atoms with Gasteiger partial charge in [0.2, 0.25) is 0 Å². The molecule has 0 spiro atoms. The van der Waals surface area contributed by atoms with E-state index in [-0.39, 0.29) is 6.04 Å². The summed E-state index contributed by atoms with van der Waals surface area (Å²) in [5, 5.41) is 0. The van der Waals surface area contributed by atoms with Gasteiger partial charge in [0.1, 0.15) is 0 Å². The summed E-state index contributed by atoms with van der Waals surface area (Å²) in [5.41, 5.74) is 10.4. The topological polar surface area (TPSA) is 42.1 Å². The minimum atomic E-state index is 0.0258. The fourth-order valence-corrected chi connectivity index (χ4v) is 2.10. The molecule has 1 heterocycles. The lowest BCUT2D eigenvalue weighted by Gasteiger charge is -2.21. The normalized spacial score (nSPS) is 12.2. The number of nitrogens with zero attached hydrogens (tertiary/aromatic N) is 2. The zero-order chi connectivity index (χ0) is 13.8. The fourth-order valence-electron chi connectivity index (χ4n) is 2.10. The number of pyridine rings is 1. The van der Waals surface area contributed by atoms with Crippen molar-refractivity contribution in [2.24, 2.45) is 5.73 Å². The summed E-state index contributed by atoms with van der Waals surface area (Å²) in [7, 11) is 2.05. The van der Waals surface area contributed by atoms with E-state index in [1.54, 1.807) is 0 Å². The SMILES string of the molecule is CC[C@H](N)c1ccc(N(C)c2ccccc2C)cn1. The van der Waals surface area contributed by atoms with Crippen LogP contribution in [0.5, 0.6) is 0 Å². The first kappa shape index (κ1) is 13.6. The third kappa shape index (κ3) is 2.93. The van der Waals surface area contributed by atoms with Crippen molar-refractivity contribution in [2.75, 3.05) is 11.9 Å². The Morgan fingerprint density at radius 2 is 1.95 bits per heavy atom. The van der Waals surface area contributed by atoms with Crippen molar-refractivity contribution in [1.29, 1.82) is 0 Å². The van der Waals surface area contributed by atoms with Crippen molar-refractivity contribution in [2.45, 2.75) is 26.3 Å². The third-order valence-corrected chi connectivity index (χ3v) is 3.45. The molecule has 2 aromatic rings. The van der Waals surface area contributed by atoms with Crippen LogP contribution in [0.2, 0.25) is 0 Å². The second kappa shape index (κ2) is 5.85. The summed E-state index contributed by atoms with van der Waals surface area (Å²) < 4.78 is 0. The van der Waals surface area contributed by atoms with Crippen LogP contribution in [0.15, 0.2) is 42.6 Å². The van der Waals surface area contributed by atoms with Gasteiger partial charge in [-0.3, -0.25) is 4.98 Å². The zero-order valence-electron chi connectivity index (χ0n) is 11.8. The highest BCUT2D eigenvalue weighted by Gasteiger charge is 2.09. The van der Waals surface area contributed by atoms with Gasteiger partial charge in [0.25, 0.3) is 0 Å². The number of benzene rings is 1. The van der Waals surface area contributed by atoms with Crippen molar-refractivity contribution in [3.05, 3.63) is 53.9 Å². The standard InChI is InChI=1S/C16H21N3/c1-4-14(17)15-10-9-13(11-18-15)19(3)16-8-6-5-7-12(16)2/h5-11,14H,4,17H2,1-3H3/t14-/m0/s1. The lowest BCUT2D eigenvalue weighted by molar-refractivity contribution is 0.675. The van der Waals surface area contributed by atoms with Crippen LogP contribution in [-0.4, -0.2) is 12.0 Å². The van der Waals surface area contributed by atoms with Crippen molar-refractivity contribution >= 4 is 11.4 Å². The van der Waals surface area contributed by atoms with Crippen molar-refractivity contribution in [1.82, 2.24) is 4.98 Å². The number of hydrogen-bond donors (Lipinski definition) is 1. The molecule has 19 heavy (non-hydrogen) atoms. The first-order valence-electron chi connectivity index (χ1n) is 6.64. The van der Waals surface area contributed by atoms with Gasteiger partial charge in [0, 0.05) is 18.8 Å². The lowest BCUT2D eigenvalue weighted by atomic mass is 10.1. The molecule has 3 heteroatoms. The molecule has 2 rings (SSSR count). The predicted octanol–water partition coefficient (Wildman–Crippen LogP) is 3.57. The second-order valence-electron chi connectivity index (χ2n) is 4.80. The Morgan fingerprint density at radius 1 is 1.21 bits per heavy atom. The van der Waals surface area contributed by atoms with E-state index < -0.39 is 0 Å². The number of para-hydroxylation sites is 1. The van der Waals surface area contributed by atoms with Crippen molar-refractivity contribution in [3.8, 4) is 0 Å². The van der Waals surface area contributed by atoms with Crippen LogP contribution in [0.25, 0.3) is 0 Å². The van der Waals surface area contributed by atoms with E-state index in [0.717, 1.165) is 17.8 Å². The molecule has 0 fully saturated rings. The summed E-state index contributed by atoms with van der Waals surface area (Å²) in [4.78, 5) is 6.60. The van der Waals surface area contributed by atoms with E-state index in [2.05, 4.69) is 49.0 Å². The molecule has 2 N–H and O–H groups in total. The Balaban J connectivity index is 2.25. The summed E-state index contributed by atoms with van der Waals surface area (Å²) in [6.07, 6.45) is 2.79. The van der Waals surface area contributed by atoms with Crippen LogP contribution < -0.4 is 10.6 Å². The Morgan fingerprint density at radius 3 is 2.53 bits per heavy atom. The molecule has 0 aliphatic carbocycles. The smallest absolute Gasteiger partial charge is 0.0594 e. The lowest BCUT2D eigenvalue weighted by Crippen LogP contribution is -2.13. The maximum absolute atomic E-state index is 5.98. The van der Waals surface area contributed by atoms with Gasteiger partial charge in [-0.1, -0.05) is 25.1 Å². The molecule has 1 aromatic heterocycles. The maximum Gasteiger partial charge on any atom is 0.0594 e. The highest BCUT2D eigenvalue weighted by molar-refractivity contribution is 5.64. The van der Waals surface area contributed by atoms with Crippen LogP contribution in [0.1, 0.15) is 30.6 Å². The highest BCUT2D eigenvalue weighted by Crippen LogP contribution is 2.26. The van der Waals surface area contributed by atoms with E-state index in [1.165, 1.54) is 11.3 Å². The van der Waals surface area contributed by atoms with E-state index in [0.29, 0.717) is 0 Å². The van der Waals surface area contributed by atoms with Crippen molar-refractivity contribution in [3.63, 3.8) is 0 Å². The van der Waals surface area contributed by atoms with Gasteiger partial charge in [-0.15, -0.1) is 0 Å². The van der Waals surface area contributed by atoms with Gasteiger partial charge in [0.15, 0.2) is 0 Å². The maximum atomic E-state index is 5.98. The molecule has 0 unspecified atom stereocenters. The van der Waals surface area contributed by atoms with Gasteiger partial charge in [0.05, 0.1) is 17.6 Å². The molecule has 3 nitrogen and oxygen atoms in total. The predicted molar refractivity (Wildman–Crippen MR) is 80.7 cm³/mol. The molecule has 0 saturated heterocycles. The van der Waals surface area contributed by atoms with Gasteiger partial charge in [-0.2, -0.15) is 0 Å². The molecule has 1 aromatic carbocycles. The molecule has 0 aliphatic heterocycles. The quantitative estimate of drug-likeness (QED) is 0.908. The number of hydrogen-bond acceptors (Lipinski definition) is 3. The molecule has 100 valence electrons. The summed E-state index contributed by atoms with van der Waals surface area (Å²) >= 11 is 0. The molecule has 0 bridgehead atoms. The number of anilines is 2. The molecule has 0 radical (unpaired) electrons. The first-order chi connectivity index (χ1) is 9.13. The Labute approximate surface area is 115 Å². The van der Waals surface area contributed by atoms with E-state index in [9.17, 15) is 0 Å². The number of aromatic nitrogens is 1. The highest BCUT2D eigenvalue weighted by atomic mass is 15.1. The van der Waals surface area contributed by atoms with E-state index >= 15 is 0 Å². The number of aryl methyl sites for hydroxylation is 1. The third-order valence-electron chi connectivity index (χ3n) is 3.45. The van der Waals surface area contributed by atoms with E-state index in [4.69, 9.17) is 5.73 Å². The summed E-state index contributed by atoms with van der Waals surface area (Å²) in [5.74, 6) is 0. The Bertz CT molecular complexity index is 534. The minimum absolute atomic E-state index is 0.0258. The van der Waals surface area contributed by atoms with Gasteiger partial charge in [-0.25, -0.2) is 0 Å². The first-order valence-corrected chi connectivity index (χ1v) is 6.64. The van der Waals surface area contributed by atoms with Gasteiger partial charge >= 0.3 is 0 Å². The van der Waals surface area contributed by atoms with Crippen LogP contribution in [0.3, 0.4) is 0 Å². The molecular formula is C16H21N3. The molecule has 0 aliphatic rings. The zero-order valence-corrected chi connectivity index (χ0v) is 11.8. The van der Waals surface area contributed by atoms with Crippen LogP contribution >= 0.6 is 0 Å². The monoisotopic (exact) mass is 255 g/mol. The van der Waals surface area contributed by atoms with Crippen LogP contribution in [0.4, 0.5) is 11.4 Å².